The third-order valence-corrected chi connectivity index (χ3v) is 2.34. The van der Waals surface area contributed by atoms with Crippen molar-refractivity contribution in [3.05, 3.63) is 48.1 Å². The van der Waals surface area contributed by atoms with Crippen LogP contribution in [-0.4, -0.2) is 17.7 Å². The van der Waals surface area contributed by atoms with Crippen molar-refractivity contribution in [3.8, 4) is 0 Å². The lowest BCUT2D eigenvalue weighted by atomic mass is 9.94. The summed E-state index contributed by atoms with van der Waals surface area (Å²) in [5, 5.41) is 9.07. The maximum atomic E-state index is 13.5. The van der Waals surface area contributed by atoms with Crippen molar-refractivity contribution in [2.45, 2.75) is 12.5 Å². The van der Waals surface area contributed by atoms with Crippen LogP contribution in [0.1, 0.15) is 12.5 Å². The first kappa shape index (κ1) is 13.3. The lowest BCUT2D eigenvalue weighted by molar-refractivity contribution is -0.164. The van der Waals surface area contributed by atoms with E-state index in [9.17, 15) is 13.6 Å². The first-order valence-electron chi connectivity index (χ1n) is 4.86. The van der Waals surface area contributed by atoms with Gasteiger partial charge in [-0.05, 0) is 19.1 Å². The average Bonchev–Trinajstić information content (AvgIpc) is 2.25. The van der Waals surface area contributed by atoms with Gasteiger partial charge in [-0.25, -0.2) is 13.6 Å². The van der Waals surface area contributed by atoms with Gasteiger partial charge in [0.15, 0.2) is 5.60 Å². The Hall–Kier alpha value is -1.75. The van der Waals surface area contributed by atoms with Crippen LogP contribution in [0.5, 0.6) is 0 Å². The number of benzene rings is 1. The van der Waals surface area contributed by atoms with Gasteiger partial charge in [-0.2, -0.15) is 0 Å². The fraction of sp³-hybridized carbons (Fsp3) is 0.250. The highest BCUT2D eigenvalue weighted by molar-refractivity contribution is 5.79. The van der Waals surface area contributed by atoms with Crippen LogP contribution >= 0.6 is 0 Å². The first-order valence-corrected chi connectivity index (χ1v) is 4.86. The molecule has 0 saturated heterocycles. The van der Waals surface area contributed by atoms with Crippen molar-refractivity contribution in [1.82, 2.24) is 0 Å². The lowest BCUT2D eigenvalue weighted by Gasteiger charge is -2.25. The molecule has 0 aliphatic heterocycles. The molecule has 1 aromatic carbocycles. The second kappa shape index (κ2) is 5.05. The van der Waals surface area contributed by atoms with Crippen molar-refractivity contribution >= 4 is 5.97 Å². The summed E-state index contributed by atoms with van der Waals surface area (Å²) in [5.74, 6) is -3.39. The maximum absolute atomic E-state index is 13.5. The highest BCUT2D eigenvalue weighted by Crippen LogP contribution is 2.30. The highest BCUT2D eigenvalue weighted by atomic mass is 19.1. The van der Waals surface area contributed by atoms with Crippen LogP contribution in [0.4, 0.5) is 8.78 Å². The second-order valence-electron chi connectivity index (χ2n) is 3.53. The summed E-state index contributed by atoms with van der Waals surface area (Å²) in [6.07, 6.45) is 1.31. The molecule has 0 saturated carbocycles. The third kappa shape index (κ3) is 2.50. The van der Waals surface area contributed by atoms with Gasteiger partial charge in [0.1, 0.15) is 11.6 Å². The number of carboxylic acid groups (broad SMARTS) is 1. The Morgan fingerprint density at radius 3 is 2.47 bits per heavy atom. The van der Waals surface area contributed by atoms with Gasteiger partial charge < -0.3 is 9.84 Å². The zero-order valence-electron chi connectivity index (χ0n) is 9.24. The maximum Gasteiger partial charge on any atom is 0.340 e. The van der Waals surface area contributed by atoms with E-state index in [0.29, 0.717) is 0 Å². The molecule has 0 heterocycles. The van der Waals surface area contributed by atoms with Crippen molar-refractivity contribution in [3.63, 3.8) is 0 Å². The number of rotatable bonds is 5. The molecule has 0 bridgehead atoms. The molecule has 1 aromatic rings. The fourth-order valence-corrected chi connectivity index (χ4v) is 1.42. The molecule has 0 amide bonds. The van der Waals surface area contributed by atoms with Crippen molar-refractivity contribution in [2.75, 3.05) is 6.61 Å². The van der Waals surface area contributed by atoms with Gasteiger partial charge >= 0.3 is 5.97 Å². The van der Waals surface area contributed by atoms with Crippen LogP contribution < -0.4 is 0 Å². The summed E-state index contributed by atoms with van der Waals surface area (Å²) in [7, 11) is 0. The van der Waals surface area contributed by atoms with Crippen LogP contribution in [0.25, 0.3) is 0 Å². The number of aliphatic carboxylic acids is 1. The van der Waals surface area contributed by atoms with Crippen LogP contribution in [0.3, 0.4) is 0 Å². The van der Waals surface area contributed by atoms with E-state index >= 15 is 0 Å². The van der Waals surface area contributed by atoms with Crippen molar-refractivity contribution < 1.29 is 23.4 Å². The molecule has 0 radical (unpaired) electrons. The molecule has 0 fully saturated rings. The summed E-state index contributed by atoms with van der Waals surface area (Å²) in [4.78, 5) is 11.1. The molecule has 1 rings (SSSR count). The Morgan fingerprint density at radius 1 is 1.53 bits per heavy atom. The van der Waals surface area contributed by atoms with Crippen LogP contribution in [0, 0.1) is 11.6 Å². The monoisotopic (exact) mass is 242 g/mol. The van der Waals surface area contributed by atoms with E-state index < -0.39 is 28.8 Å². The summed E-state index contributed by atoms with van der Waals surface area (Å²) < 4.78 is 32.0. The molecule has 0 aliphatic rings. The minimum absolute atomic E-state index is 0.128. The molecule has 1 atom stereocenters. The Morgan fingerprint density at radius 2 is 2.06 bits per heavy atom. The quantitative estimate of drug-likeness (QED) is 0.807. The molecule has 0 aromatic heterocycles. The topological polar surface area (TPSA) is 46.5 Å². The SMILES string of the molecule is C=CCOC(C)(C(=O)O)c1c(F)cccc1F. The van der Waals surface area contributed by atoms with Gasteiger partial charge in [0.25, 0.3) is 0 Å². The number of halogens is 2. The highest BCUT2D eigenvalue weighted by Gasteiger charge is 2.41. The largest absolute Gasteiger partial charge is 0.479 e. The van der Waals surface area contributed by atoms with E-state index in [1.165, 1.54) is 6.08 Å². The van der Waals surface area contributed by atoms with Gasteiger partial charge in [-0.3, -0.25) is 0 Å². The first-order chi connectivity index (χ1) is 7.93. The van der Waals surface area contributed by atoms with E-state index in [1.54, 1.807) is 0 Å². The Labute approximate surface area is 97.3 Å². The number of carboxylic acids is 1. The van der Waals surface area contributed by atoms with Crippen molar-refractivity contribution in [2.24, 2.45) is 0 Å². The molecule has 3 nitrogen and oxygen atoms in total. The Kier molecular flexibility index (Phi) is 3.96. The van der Waals surface area contributed by atoms with E-state index in [1.807, 2.05) is 0 Å². The summed E-state index contributed by atoms with van der Waals surface area (Å²) in [5.41, 5.74) is -2.70. The van der Waals surface area contributed by atoms with Crippen LogP contribution in [0.15, 0.2) is 30.9 Å². The molecule has 0 spiro atoms. The minimum Gasteiger partial charge on any atom is -0.479 e. The zero-order valence-corrected chi connectivity index (χ0v) is 9.24. The normalized spacial score (nSPS) is 14.1. The third-order valence-electron chi connectivity index (χ3n) is 2.34. The minimum atomic E-state index is -2.08. The molecule has 17 heavy (non-hydrogen) atoms. The number of hydrogen-bond donors (Lipinski definition) is 1. The Bertz CT molecular complexity index is 425. The van der Waals surface area contributed by atoms with Gasteiger partial charge in [0.2, 0.25) is 0 Å². The predicted octanol–water partition coefficient (Wildman–Crippen LogP) is 2.47. The molecule has 92 valence electrons. The molecule has 5 heteroatoms. The molecule has 0 aliphatic carbocycles. The van der Waals surface area contributed by atoms with Gasteiger partial charge in [0.05, 0.1) is 12.2 Å². The predicted molar refractivity (Wildman–Crippen MR) is 57.5 cm³/mol. The van der Waals surface area contributed by atoms with E-state index in [0.717, 1.165) is 25.1 Å². The fourth-order valence-electron chi connectivity index (χ4n) is 1.42. The number of hydrogen-bond acceptors (Lipinski definition) is 2. The van der Waals surface area contributed by atoms with E-state index in [2.05, 4.69) is 6.58 Å². The molecular formula is C12H12F2O3. The van der Waals surface area contributed by atoms with Crippen LogP contribution in [-0.2, 0) is 15.1 Å². The molecular weight excluding hydrogens is 230 g/mol. The number of ether oxygens (including phenoxy) is 1. The van der Waals surface area contributed by atoms with Crippen molar-refractivity contribution in [1.29, 1.82) is 0 Å². The smallest absolute Gasteiger partial charge is 0.340 e. The summed E-state index contributed by atoms with van der Waals surface area (Å²) in [6.45, 7) is 4.33. The summed E-state index contributed by atoms with van der Waals surface area (Å²) >= 11 is 0. The summed E-state index contributed by atoms with van der Waals surface area (Å²) in [6, 6.07) is 3.12. The zero-order chi connectivity index (χ0) is 13.1. The number of carbonyl (C=O) groups is 1. The van der Waals surface area contributed by atoms with Crippen LogP contribution in [0.2, 0.25) is 0 Å². The van der Waals surface area contributed by atoms with E-state index in [4.69, 9.17) is 9.84 Å². The van der Waals surface area contributed by atoms with Gasteiger partial charge in [-0.15, -0.1) is 6.58 Å². The van der Waals surface area contributed by atoms with E-state index in [-0.39, 0.29) is 6.61 Å². The second-order valence-corrected chi connectivity index (χ2v) is 3.53. The molecule has 1 unspecified atom stereocenters. The average molecular weight is 242 g/mol. The van der Waals surface area contributed by atoms with Gasteiger partial charge in [-0.1, -0.05) is 12.1 Å². The van der Waals surface area contributed by atoms with Gasteiger partial charge in [0, 0.05) is 0 Å². The standard InChI is InChI=1S/C12H12F2O3/c1-3-7-17-12(2,11(15)16)10-8(13)5-4-6-9(10)14/h3-6H,1,7H2,2H3,(H,15,16). The molecule has 1 N–H and O–H groups in total. The lowest BCUT2D eigenvalue weighted by Crippen LogP contribution is -2.37. The Balaban J connectivity index is 3.31.